The molecular weight excluding hydrogens is 319 g/mol. The lowest BCUT2D eigenvalue weighted by atomic mass is 10.1. The summed E-state index contributed by atoms with van der Waals surface area (Å²) in [4.78, 5) is 0. The molecule has 0 fully saturated rings. The minimum Gasteiger partial charge on any atom is -0.126 e. The van der Waals surface area contributed by atoms with Crippen molar-refractivity contribution in [2.45, 2.75) is 13.8 Å². The molecule has 4 nitrogen and oxygen atoms in total. The van der Waals surface area contributed by atoms with E-state index in [1.54, 1.807) is 12.1 Å². The number of halogens is 2. The molecule has 0 aliphatic carbocycles. The largest absolute Gasteiger partial charge is 0.205 e. The van der Waals surface area contributed by atoms with Crippen molar-refractivity contribution in [3.8, 4) is 22.8 Å². The van der Waals surface area contributed by atoms with Gasteiger partial charge in [-0.15, -0.1) is 20.4 Å². The van der Waals surface area contributed by atoms with Gasteiger partial charge in [-0.05, 0) is 37.1 Å². The van der Waals surface area contributed by atoms with Crippen LogP contribution in [-0.2, 0) is 0 Å². The van der Waals surface area contributed by atoms with E-state index in [1.807, 2.05) is 38.1 Å². The molecule has 0 unspecified atom stereocenters. The molecule has 0 radical (unpaired) electrons. The standard InChI is InChI=1S/C16H12Cl2N4/c1-9-5-3-7-11(17)13(9)15-19-21-16(22-20-15)14-10(2)6-4-8-12(14)18/h3-8H,1-2H3. The maximum atomic E-state index is 6.21. The van der Waals surface area contributed by atoms with E-state index in [1.165, 1.54) is 0 Å². The number of rotatable bonds is 2. The molecule has 0 aliphatic rings. The third-order valence-corrected chi connectivity index (χ3v) is 4.00. The Morgan fingerprint density at radius 1 is 0.636 bits per heavy atom. The lowest BCUT2D eigenvalue weighted by Gasteiger charge is -2.07. The van der Waals surface area contributed by atoms with Gasteiger partial charge in [0.15, 0.2) is 0 Å². The van der Waals surface area contributed by atoms with E-state index in [2.05, 4.69) is 20.4 Å². The Hall–Kier alpha value is -2.04. The van der Waals surface area contributed by atoms with Crippen LogP contribution in [0.5, 0.6) is 0 Å². The molecule has 1 heterocycles. The van der Waals surface area contributed by atoms with Gasteiger partial charge in [0.25, 0.3) is 0 Å². The van der Waals surface area contributed by atoms with E-state index in [-0.39, 0.29) is 0 Å². The summed E-state index contributed by atoms with van der Waals surface area (Å²) in [6, 6.07) is 11.2. The second kappa shape index (κ2) is 5.99. The number of hydrogen-bond acceptors (Lipinski definition) is 4. The zero-order valence-corrected chi connectivity index (χ0v) is 13.5. The minimum absolute atomic E-state index is 0.400. The molecule has 0 spiro atoms. The summed E-state index contributed by atoms with van der Waals surface area (Å²) >= 11 is 12.4. The molecule has 0 amide bonds. The number of benzene rings is 2. The Balaban J connectivity index is 2.08. The van der Waals surface area contributed by atoms with Crippen LogP contribution in [0.2, 0.25) is 10.0 Å². The van der Waals surface area contributed by atoms with Crippen molar-refractivity contribution in [2.75, 3.05) is 0 Å². The molecule has 2 aromatic carbocycles. The molecule has 0 bridgehead atoms. The minimum atomic E-state index is 0.400. The van der Waals surface area contributed by atoms with Crippen molar-refractivity contribution in [1.82, 2.24) is 20.4 Å². The average Bonchev–Trinajstić information content (AvgIpc) is 2.48. The predicted molar refractivity (Wildman–Crippen MR) is 88.0 cm³/mol. The first-order chi connectivity index (χ1) is 10.6. The fraction of sp³-hybridized carbons (Fsp3) is 0.125. The smallest absolute Gasteiger partial charge is 0.126 e. The predicted octanol–water partition coefficient (Wildman–Crippen LogP) is 4.52. The summed E-state index contributed by atoms with van der Waals surface area (Å²) in [7, 11) is 0. The third kappa shape index (κ3) is 2.67. The van der Waals surface area contributed by atoms with E-state index < -0.39 is 0 Å². The molecule has 6 heteroatoms. The van der Waals surface area contributed by atoms with E-state index >= 15 is 0 Å². The van der Waals surface area contributed by atoms with Crippen molar-refractivity contribution in [1.29, 1.82) is 0 Å². The summed E-state index contributed by atoms with van der Waals surface area (Å²) in [5, 5.41) is 17.8. The molecule has 0 saturated carbocycles. The number of nitrogens with zero attached hydrogens (tertiary/aromatic N) is 4. The number of aryl methyl sites for hydroxylation is 2. The van der Waals surface area contributed by atoms with Crippen LogP contribution in [0.25, 0.3) is 22.8 Å². The highest BCUT2D eigenvalue weighted by Crippen LogP contribution is 2.30. The molecule has 0 saturated heterocycles. The van der Waals surface area contributed by atoms with Gasteiger partial charge in [0, 0.05) is 11.1 Å². The Bertz CT molecular complexity index is 721. The Kier molecular flexibility index (Phi) is 4.05. The fourth-order valence-corrected chi connectivity index (χ4v) is 2.87. The van der Waals surface area contributed by atoms with Crippen LogP contribution in [0.1, 0.15) is 11.1 Å². The molecule has 22 heavy (non-hydrogen) atoms. The van der Waals surface area contributed by atoms with E-state index in [9.17, 15) is 0 Å². The number of aromatic nitrogens is 4. The first-order valence-electron chi connectivity index (χ1n) is 6.66. The van der Waals surface area contributed by atoms with Gasteiger partial charge in [-0.25, -0.2) is 0 Å². The van der Waals surface area contributed by atoms with Crippen LogP contribution in [0.4, 0.5) is 0 Å². The zero-order chi connectivity index (χ0) is 15.7. The molecule has 0 aliphatic heterocycles. The maximum Gasteiger partial charge on any atom is 0.205 e. The van der Waals surface area contributed by atoms with E-state index in [0.717, 1.165) is 22.3 Å². The van der Waals surface area contributed by atoms with Gasteiger partial charge in [-0.2, -0.15) is 0 Å². The van der Waals surface area contributed by atoms with Gasteiger partial charge in [0.1, 0.15) is 0 Å². The highest BCUT2D eigenvalue weighted by Gasteiger charge is 2.14. The van der Waals surface area contributed by atoms with Gasteiger partial charge in [-0.3, -0.25) is 0 Å². The van der Waals surface area contributed by atoms with Gasteiger partial charge in [-0.1, -0.05) is 47.5 Å². The first-order valence-corrected chi connectivity index (χ1v) is 7.42. The van der Waals surface area contributed by atoms with Crippen molar-refractivity contribution in [3.05, 3.63) is 57.6 Å². The molecule has 110 valence electrons. The van der Waals surface area contributed by atoms with Gasteiger partial charge in [0.05, 0.1) is 10.0 Å². The summed E-state index contributed by atoms with van der Waals surface area (Å²) in [5.41, 5.74) is 3.42. The second-order valence-electron chi connectivity index (χ2n) is 4.91. The Labute approximate surface area is 138 Å². The molecule has 0 N–H and O–H groups in total. The fourth-order valence-electron chi connectivity index (χ4n) is 2.26. The van der Waals surface area contributed by atoms with Crippen LogP contribution in [0, 0.1) is 13.8 Å². The number of hydrogen-bond donors (Lipinski definition) is 0. The zero-order valence-electron chi connectivity index (χ0n) is 12.0. The van der Waals surface area contributed by atoms with Crippen molar-refractivity contribution < 1.29 is 0 Å². The monoisotopic (exact) mass is 330 g/mol. The third-order valence-electron chi connectivity index (χ3n) is 3.37. The highest BCUT2D eigenvalue weighted by atomic mass is 35.5. The lowest BCUT2D eigenvalue weighted by molar-refractivity contribution is 0.874. The SMILES string of the molecule is Cc1cccc(Cl)c1-c1nnc(-c2c(C)cccc2Cl)nn1. The van der Waals surface area contributed by atoms with Crippen molar-refractivity contribution in [2.24, 2.45) is 0 Å². The molecule has 3 rings (SSSR count). The summed E-state index contributed by atoms with van der Waals surface area (Å²) in [6.45, 7) is 3.88. The van der Waals surface area contributed by atoms with Gasteiger partial charge >= 0.3 is 0 Å². The second-order valence-corrected chi connectivity index (χ2v) is 5.73. The lowest BCUT2D eigenvalue weighted by Crippen LogP contribution is -2.02. The average molecular weight is 331 g/mol. The molecule has 0 atom stereocenters. The Morgan fingerprint density at radius 3 is 1.32 bits per heavy atom. The summed E-state index contributed by atoms with van der Waals surface area (Å²) in [6.07, 6.45) is 0. The van der Waals surface area contributed by atoms with Gasteiger partial charge in [0.2, 0.25) is 11.6 Å². The van der Waals surface area contributed by atoms with E-state index in [0.29, 0.717) is 21.7 Å². The van der Waals surface area contributed by atoms with Crippen LogP contribution < -0.4 is 0 Å². The molecular formula is C16H12Cl2N4. The topological polar surface area (TPSA) is 51.6 Å². The summed E-state index contributed by atoms with van der Waals surface area (Å²) in [5.74, 6) is 0.799. The maximum absolute atomic E-state index is 6.21. The van der Waals surface area contributed by atoms with Crippen LogP contribution >= 0.6 is 23.2 Å². The molecule has 3 aromatic rings. The van der Waals surface area contributed by atoms with Crippen molar-refractivity contribution in [3.63, 3.8) is 0 Å². The van der Waals surface area contributed by atoms with Crippen LogP contribution in [-0.4, -0.2) is 20.4 Å². The van der Waals surface area contributed by atoms with E-state index in [4.69, 9.17) is 23.2 Å². The Morgan fingerprint density at radius 2 is 1.00 bits per heavy atom. The van der Waals surface area contributed by atoms with Crippen molar-refractivity contribution >= 4 is 23.2 Å². The van der Waals surface area contributed by atoms with Gasteiger partial charge < -0.3 is 0 Å². The highest BCUT2D eigenvalue weighted by molar-refractivity contribution is 6.33. The normalized spacial score (nSPS) is 10.7. The quantitative estimate of drug-likeness (QED) is 0.692. The summed E-state index contributed by atoms with van der Waals surface area (Å²) < 4.78 is 0. The first kappa shape index (κ1) is 14.9. The van der Waals surface area contributed by atoms with Crippen LogP contribution in [0.15, 0.2) is 36.4 Å². The molecule has 1 aromatic heterocycles. The van der Waals surface area contributed by atoms with Crippen LogP contribution in [0.3, 0.4) is 0 Å².